The monoisotopic (exact) mass is 200 g/mol. The van der Waals surface area contributed by atoms with Gasteiger partial charge in [-0.05, 0) is 25.8 Å². The summed E-state index contributed by atoms with van der Waals surface area (Å²) in [5.74, 6) is 2.03. The maximum Gasteiger partial charge on any atom is 0.230 e. The van der Waals surface area contributed by atoms with Crippen molar-refractivity contribution < 1.29 is 4.52 Å². The molecule has 0 bridgehead atoms. The Morgan fingerprint density at radius 1 is 1.33 bits per heavy atom. The van der Waals surface area contributed by atoms with Crippen LogP contribution >= 0.6 is 0 Å². The fraction of sp³-hybridized carbons (Fsp3) is 0.333. The number of aryl methyl sites for hydroxylation is 1. The molecule has 0 unspecified atom stereocenters. The third kappa shape index (κ3) is 1.65. The van der Waals surface area contributed by atoms with Crippen molar-refractivity contribution in [1.82, 2.24) is 10.1 Å². The first-order chi connectivity index (χ1) is 7.33. The Bertz CT molecular complexity index is 486. The van der Waals surface area contributed by atoms with E-state index in [1.807, 2.05) is 12.1 Å². The summed E-state index contributed by atoms with van der Waals surface area (Å²) in [5.41, 5.74) is 2.25. The quantitative estimate of drug-likeness (QED) is 0.748. The fourth-order valence-corrected chi connectivity index (χ4v) is 1.63. The van der Waals surface area contributed by atoms with Crippen molar-refractivity contribution in [2.45, 2.75) is 25.7 Å². The van der Waals surface area contributed by atoms with Gasteiger partial charge in [0.25, 0.3) is 0 Å². The molecule has 1 aromatic heterocycles. The lowest BCUT2D eigenvalue weighted by molar-refractivity contribution is 0.380. The first kappa shape index (κ1) is 8.65. The van der Waals surface area contributed by atoms with Crippen LogP contribution < -0.4 is 0 Å². The molecule has 3 nitrogen and oxygen atoms in total. The second-order valence-electron chi connectivity index (χ2n) is 4.10. The van der Waals surface area contributed by atoms with Gasteiger partial charge in [0.1, 0.15) is 0 Å². The summed E-state index contributed by atoms with van der Waals surface area (Å²) in [6.45, 7) is 2.06. The van der Waals surface area contributed by atoms with Gasteiger partial charge in [-0.3, -0.25) is 0 Å². The van der Waals surface area contributed by atoms with E-state index in [9.17, 15) is 0 Å². The standard InChI is InChI=1S/C12H12N2O/c1-8-3-2-4-10(7-8)11-13-12(15-14-11)9-5-6-9/h2-4,7,9H,5-6H2,1H3. The highest BCUT2D eigenvalue weighted by Crippen LogP contribution is 2.39. The predicted octanol–water partition coefficient (Wildman–Crippen LogP) is 2.92. The highest BCUT2D eigenvalue weighted by Gasteiger charge is 2.29. The van der Waals surface area contributed by atoms with Gasteiger partial charge < -0.3 is 4.52 Å². The minimum Gasteiger partial charge on any atom is -0.339 e. The van der Waals surface area contributed by atoms with Crippen LogP contribution in [-0.4, -0.2) is 10.1 Å². The van der Waals surface area contributed by atoms with E-state index < -0.39 is 0 Å². The van der Waals surface area contributed by atoms with Crippen molar-refractivity contribution in [2.75, 3.05) is 0 Å². The van der Waals surface area contributed by atoms with Crippen LogP contribution in [0.1, 0.15) is 30.2 Å². The fourth-order valence-electron chi connectivity index (χ4n) is 1.63. The molecule has 1 aliphatic carbocycles. The molecule has 1 saturated carbocycles. The summed E-state index contributed by atoms with van der Waals surface area (Å²) in [6, 6.07) is 8.15. The summed E-state index contributed by atoms with van der Waals surface area (Å²) >= 11 is 0. The number of aromatic nitrogens is 2. The molecule has 1 heterocycles. The van der Waals surface area contributed by atoms with Crippen molar-refractivity contribution in [3.63, 3.8) is 0 Å². The maximum atomic E-state index is 5.22. The smallest absolute Gasteiger partial charge is 0.230 e. The zero-order valence-corrected chi connectivity index (χ0v) is 8.60. The molecule has 1 aromatic carbocycles. The number of rotatable bonds is 2. The van der Waals surface area contributed by atoms with Gasteiger partial charge in [-0.1, -0.05) is 28.9 Å². The molecule has 0 radical (unpaired) electrons. The molecule has 1 aliphatic rings. The molecule has 0 N–H and O–H groups in total. The number of hydrogen-bond acceptors (Lipinski definition) is 3. The lowest BCUT2D eigenvalue weighted by Gasteiger charge is -1.94. The first-order valence-corrected chi connectivity index (χ1v) is 5.23. The molecule has 0 aliphatic heterocycles. The van der Waals surface area contributed by atoms with E-state index in [0.717, 1.165) is 11.5 Å². The van der Waals surface area contributed by atoms with E-state index in [1.54, 1.807) is 0 Å². The van der Waals surface area contributed by atoms with Gasteiger partial charge in [-0.15, -0.1) is 0 Å². The Morgan fingerprint density at radius 2 is 2.20 bits per heavy atom. The van der Waals surface area contributed by atoms with Crippen molar-refractivity contribution in [3.8, 4) is 11.4 Å². The Labute approximate surface area is 88.1 Å². The Morgan fingerprint density at radius 3 is 2.93 bits per heavy atom. The molecular formula is C12H12N2O. The summed E-state index contributed by atoms with van der Waals surface area (Å²) in [5, 5.41) is 4.00. The van der Waals surface area contributed by atoms with Crippen LogP contribution in [0.2, 0.25) is 0 Å². The molecular weight excluding hydrogens is 188 g/mol. The van der Waals surface area contributed by atoms with Gasteiger partial charge >= 0.3 is 0 Å². The molecule has 3 heteroatoms. The highest BCUT2D eigenvalue weighted by atomic mass is 16.5. The Kier molecular flexibility index (Phi) is 1.84. The number of benzene rings is 1. The Hall–Kier alpha value is -1.64. The van der Waals surface area contributed by atoms with E-state index in [1.165, 1.54) is 18.4 Å². The summed E-state index contributed by atoms with van der Waals surface area (Å²) in [6.07, 6.45) is 2.38. The van der Waals surface area contributed by atoms with Gasteiger partial charge in [0.05, 0.1) is 0 Å². The van der Waals surface area contributed by atoms with Crippen molar-refractivity contribution in [1.29, 1.82) is 0 Å². The summed E-state index contributed by atoms with van der Waals surface area (Å²) < 4.78 is 5.22. The minimum atomic E-state index is 0.524. The van der Waals surface area contributed by atoms with E-state index in [4.69, 9.17) is 4.52 Å². The molecule has 2 aromatic rings. The lowest BCUT2D eigenvalue weighted by Crippen LogP contribution is -1.82. The zero-order valence-electron chi connectivity index (χ0n) is 8.60. The SMILES string of the molecule is Cc1cccc(-c2noc(C3CC3)n2)c1. The molecule has 1 fully saturated rings. The molecule has 0 saturated heterocycles. The van der Waals surface area contributed by atoms with Crippen LogP contribution in [0.15, 0.2) is 28.8 Å². The molecule has 0 atom stereocenters. The second kappa shape index (κ2) is 3.19. The largest absolute Gasteiger partial charge is 0.339 e. The summed E-state index contributed by atoms with van der Waals surface area (Å²) in [7, 11) is 0. The molecule has 76 valence electrons. The van der Waals surface area contributed by atoms with E-state index in [0.29, 0.717) is 11.7 Å². The second-order valence-corrected chi connectivity index (χ2v) is 4.10. The molecule has 3 rings (SSSR count). The summed E-state index contributed by atoms with van der Waals surface area (Å²) in [4.78, 5) is 4.41. The minimum absolute atomic E-state index is 0.524. The van der Waals surface area contributed by atoms with Crippen LogP contribution in [0, 0.1) is 6.92 Å². The van der Waals surface area contributed by atoms with E-state index in [2.05, 4.69) is 29.2 Å². The Balaban J connectivity index is 1.97. The van der Waals surface area contributed by atoms with Crippen LogP contribution in [0.3, 0.4) is 0 Å². The maximum absolute atomic E-state index is 5.22. The predicted molar refractivity (Wildman–Crippen MR) is 56.4 cm³/mol. The molecule has 15 heavy (non-hydrogen) atoms. The van der Waals surface area contributed by atoms with Crippen LogP contribution in [0.5, 0.6) is 0 Å². The van der Waals surface area contributed by atoms with Gasteiger partial charge in [0, 0.05) is 11.5 Å². The van der Waals surface area contributed by atoms with Crippen LogP contribution in [0.25, 0.3) is 11.4 Å². The zero-order chi connectivity index (χ0) is 10.3. The van der Waals surface area contributed by atoms with Gasteiger partial charge in [0.15, 0.2) is 0 Å². The van der Waals surface area contributed by atoms with Crippen LogP contribution in [0.4, 0.5) is 0 Å². The van der Waals surface area contributed by atoms with Gasteiger partial charge in [-0.25, -0.2) is 0 Å². The third-order valence-electron chi connectivity index (χ3n) is 2.64. The highest BCUT2D eigenvalue weighted by molar-refractivity contribution is 5.55. The lowest BCUT2D eigenvalue weighted by atomic mass is 10.1. The van der Waals surface area contributed by atoms with Crippen LogP contribution in [-0.2, 0) is 0 Å². The van der Waals surface area contributed by atoms with Crippen molar-refractivity contribution >= 4 is 0 Å². The van der Waals surface area contributed by atoms with Crippen molar-refractivity contribution in [3.05, 3.63) is 35.7 Å². The normalized spacial score (nSPS) is 15.5. The van der Waals surface area contributed by atoms with E-state index in [-0.39, 0.29) is 0 Å². The average Bonchev–Trinajstić information content (AvgIpc) is 2.97. The third-order valence-corrected chi connectivity index (χ3v) is 2.64. The average molecular weight is 200 g/mol. The van der Waals surface area contributed by atoms with E-state index >= 15 is 0 Å². The topological polar surface area (TPSA) is 38.9 Å². The van der Waals surface area contributed by atoms with Gasteiger partial charge in [0.2, 0.25) is 11.7 Å². The number of hydrogen-bond donors (Lipinski definition) is 0. The van der Waals surface area contributed by atoms with Crippen molar-refractivity contribution in [2.24, 2.45) is 0 Å². The number of nitrogens with zero attached hydrogens (tertiary/aromatic N) is 2. The molecule has 0 spiro atoms. The van der Waals surface area contributed by atoms with Gasteiger partial charge in [-0.2, -0.15) is 4.98 Å². The first-order valence-electron chi connectivity index (χ1n) is 5.23. The molecule has 0 amide bonds.